The van der Waals surface area contributed by atoms with Gasteiger partial charge >= 0.3 is 0 Å². The molecule has 1 heterocycles. The number of imidazole rings is 1. The number of aromatic nitrogens is 2. The minimum absolute atomic E-state index is 0. The first-order valence-corrected chi connectivity index (χ1v) is 10.6. The van der Waals surface area contributed by atoms with E-state index >= 15 is 0 Å². The van der Waals surface area contributed by atoms with Gasteiger partial charge in [0.2, 0.25) is 0 Å². The highest BCUT2D eigenvalue weighted by atomic mass is 35.5. The van der Waals surface area contributed by atoms with Crippen molar-refractivity contribution >= 4 is 64.2 Å². The third kappa shape index (κ3) is 5.44. The second-order valence-electron chi connectivity index (χ2n) is 6.74. The second kappa shape index (κ2) is 10.9. The average molecular weight is 454 g/mol. The SMILES string of the molecule is CCn1c(C)nc2cc(N=Cc3ccc(N(CCCl)CCCl)cc3C)ccc21.Cl. The van der Waals surface area contributed by atoms with Gasteiger partial charge in [0.1, 0.15) is 5.82 Å². The molecular formula is C22H27Cl3N4. The van der Waals surface area contributed by atoms with Gasteiger partial charge in [-0.3, -0.25) is 4.99 Å². The number of benzene rings is 2. The zero-order valence-corrected chi connectivity index (χ0v) is 19.4. The molecule has 0 saturated heterocycles. The molecule has 0 radical (unpaired) electrons. The van der Waals surface area contributed by atoms with Crippen LogP contribution in [0, 0.1) is 13.8 Å². The highest BCUT2D eigenvalue weighted by Gasteiger charge is 2.08. The number of fused-ring (bicyclic) bond motifs is 1. The Morgan fingerprint density at radius 3 is 2.41 bits per heavy atom. The van der Waals surface area contributed by atoms with E-state index in [1.165, 1.54) is 5.56 Å². The van der Waals surface area contributed by atoms with Crippen LogP contribution in [0.4, 0.5) is 11.4 Å². The van der Waals surface area contributed by atoms with Gasteiger partial charge < -0.3 is 9.47 Å². The summed E-state index contributed by atoms with van der Waals surface area (Å²) in [5.74, 6) is 2.19. The number of rotatable bonds is 8. The molecule has 0 spiro atoms. The molecule has 3 rings (SSSR count). The lowest BCUT2D eigenvalue weighted by molar-refractivity contribution is 0.753. The van der Waals surface area contributed by atoms with Crippen LogP contribution in [0.5, 0.6) is 0 Å². The number of hydrogen-bond donors (Lipinski definition) is 0. The lowest BCUT2D eigenvalue weighted by atomic mass is 10.1. The quantitative estimate of drug-likeness (QED) is 0.304. The Kier molecular flexibility index (Phi) is 8.81. The maximum absolute atomic E-state index is 5.92. The Bertz CT molecular complexity index is 976. The van der Waals surface area contributed by atoms with Gasteiger partial charge in [-0.2, -0.15) is 0 Å². The van der Waals surface area contributed by atoms with Crippen LogP contribution in [-0.4, -0.2) is 40.6 Å². The molecule has 0 unspecified atom stereocenters. The highest BCUT2D eigenvalue weighted by molar-refractivity contribution is 6.18. The van der Waals surface area contributed by atoms with Gasteiger partial charge in [0.05, 0.1) is 16.7 Å². The first-order valence-electron chi connectivity index (χ1n) is 9.55. The Hall–Kier alpha value is -1.75. The zero-order valence-electron chi connectivity index (χ0n) is 17.0. The third-order valence-corrected chi connectivity index (χ3v) is 5.26. The molecule has 0 fully saturated rings. The number of nitrogens with zero attached hydrogens (tertiary/aromatic N) is 4. The van der Waals surface area contributed by atoms with Crippen LogP contribution in [0.1, 0.15) is 23.9 Å². The summed E-state index contributed by atoms with van der Waals surface area (Å²) in [5.41, 5.74) is 6.44. The number of aliphatic imine (C=N–C) groups is 1. The van der Waals surface area contributed by atoms with Crippen molar-refractivity contribution in [2.24, 2.45) is 4.99 Å². The molecule has 0 amide bonds. The van der Waals surface area contributed by atoms with Crippen LogP contribution in [0.3, 0.4) is 0 Å². The molecule has 0 saturated carbocycles. The molecule has 156 valence electrons. The van der Waals surface area contributed by atoms with Crippen molar-refractivity contribution in [3.63, 3.8) is 0 Å². The van der Waals surface area contributed by atoms with Crippen LogP contribution in [0.15, 0.2) is 41.4 Å². The average Bonchev–Trinajstić information content (AvgIpc) is 3.01. The molecule has 0 aliphatic carbocycles. The fourth-order valence-electron chi connectivity index (χ4n) is 3.44. The van der Waals surface area contributed by atoms with Crippen LogP contribution >= 0.6 is 35.6 Å². The Labute approximate surface area is 189 Å². The monoisotopic (exact) mass is 452 g/mol. The van der Waals surface area contributed by atoms with Gasteiger partial charge in [-0.1, -0.05) is 6.07 Å². The molecule has 3 aromatic rings. The van der Waals surface area contributed by atoms with Gasteiger partial charge in [0.15, 0.2) is 0 Å². The minimum atomic E-state index is 0. The predicted molar refractivity (Wildman–Crippen MR) is 129 cm³/mol. The van der Waals surface area contributed by atoms with Crippen LogP contribution < -0.4 is 4.90 Å². The number of alkyl halides is 2. The van der Waals surface area contributed by atoms with E-state index in [1.54, 1.807) is 0 Å². The molecule has 0 bridgehead atoms. The van der Waals surface area contributed by atoms with Crippen molar-refractivity contribution in [2.75, 3.05) is 29.7 Å². The van der Waals surface area contributed by atoms with E-state index in [0.29, 0.717) is 11.8 Å². The summed E-state index contributed by atoms with van der Waals surface area (Å²) in [4.78, 5) is 11.5. The molecule has 1 aromatic heterocycles. The van der Waals surface area contributed by atoms with Crippen LogP contribution in [0.2, 0.25) is 0 Å². The van der Waals surface area contributed by atoms with Crippen molar-refractivity contribution in [2.45, 2.75) is 27.3 Å². The fraction of sp³-hybridized carbons (Fsp3) is 0.364. The summed E-state index contributed by atoms with van der Waals surface area (Å²) >= 11 is 11.8. The molecular weight excluding hydrogens is 427 g/mol. The standard InChI is InChI=1S/C22H26Cl2N4.ClH/c1-4-28-17(3)26-21-14-19(6-8-22(21)28)25-15-18-5-7-20(13-16(18)2)27(11-9-23)12-10-24;/h5-8,13-15H,4,9-12H2,1-3H3;1H. The van der Waals surface area contributed by atoms with Crippen molar-refractivity contribution in [1.29, 1.82) is 0 Å². The van der Waals surface area contributed by atoms with E-state index in [-0.39, 0.29) is 12.4 Å². The Morgan fingerprint density at radius 1 is 1.07 bits per heavy atom. The van der Waals surface area contributed by atoms with Crippen LogP contribution in [0.25, 0.3) is 11.0 Å². The number of hydrogen-bond acceptors (Lipinski definition) is 3. The maximum Gasteiger partial charge on any atom is 0.106 e. The van der Waals surface area contributed by atoms with Gasteiger partial charge in [-0.25, -0.2) is 4.98 Å². The molecule has 0 aliphatic heterocycles. The predicted octanol–water partition coefficient (Wildman–Crippen LogP) is 6.13. The van der Waals surface area contributed by atoms with Gasteiger partial charge in [0.25, 0.3) is 0 Å². The fourth-order valence-corrected chi connectivity index (χ4v) is 3.85. The minimum Gasteiger partial charge on any atom is -0.369 e. The first kappa shape index (κ1) is 23.5. The number of aryl methyl sites for hydroxylation is 3. The summed E-state index contributed by atoms with van der Waals surface area (Å²) in [6.45, 7) is 8.75. The molecule has 0 N–H and O–H groups in total. The maximum atomic E-state index is 5.92. The van der Waals surface area contributed by atoms with E-state index < -0.39 is 0 Å². The van der Waals surface area contributed by atoms with Crippen molar-refractivity contribution in [3.8, 4) is 0 Å². The molecule has 0 atom stereocenters. The van der Waals surface area contributed by atoms with E-state index in [9.17, 15) is 0 Å². The Morgan fingerprint density at radius 2 is 1.79 bits per heavy atom. The van der Waals surface area contributed by atoms with E-state index in [2.05, 4.69) is 57.6 Å². The second-order valence-corrected chi connectivity index (χ2v) is 7.50. The molecule has 0 aliphatic rings. The number of anilines is 1. The van der Waals surface area contributed by atoms with E-state index in [1.807, 2.05) is 25.3 Å². The van der Waals surface area contributed by atoms with Gasteiger partial charge in [-0.15, -0.1) is 35.6 Å². The highest BCUT2D eigenvalue weighted by Crippen LogP contribution is 2.23. The summed E-state index contributed by atoms with van der Waals surface area (Å²) < 4.78 is 2.21. The smallest absolute Gasteiger partial charge is 0.106 e. The molecule has 7 heteroatoms. The summed E-state index contributed by atoms with van der Waals surface area (Å²) in [6.07, 6.45) is 1.91. The lowest BCUT2D eigenvalue weighted by Gasteiger charge is -2.23. The molecule has 4 nitrogen and oxygen atoms in total. The third-order valence-electron chi connectivity index (χ3n) is 4.92. The molecule has 29 heavy (non-hydrogen) atoms. The Balaban J connectivity index is 0.00000300. The van der Waals surface area contributed by atoms with Crippen molar-refractivity contribution in [1.82, 2.24) is 9.55 Å². The zero-order chi connectivity index (χ0) is 20.1. The summed E-state index contributed by atoms with van der Waals surface area (Å²) in [7, 11) is 0. The van der Waals surface area contributed by atoms with Crippen molar-refractivity contribution < 1.29 is 0 Å². The van der Waals surface area contributed by atoms with E-state index in [0.717, 1.165) is 53.4 Å². The lowest BCUT2D eigenvalue weighted by Crippen LogP contribution is -2.27. The topological polar surface area (TPSA) is 33.4 Å². The normalized spacial score (nSPS) is 11.2. The summed E-state index contributed by atoms with van der Waals surface area (Å²) in [6, 6.07) is 12.5. The first-order chi connectivity index (χ1) is 13.6. The molecule has 2 aromatic carbocycles. The van der Waals surface area contributed by atoms with Crippen molar-refractivity contribution in [3.05, 3.63) is 53.3 Å². The number of halogens is 3. The largest absolute Gasteiger partial charge is 0.369 e. The van der Waals surface area contributed by atoms with E-state index in [4.69, 9.17) is 23.2 Å². The summed E-state index contributed by atoms with van der Waals surface area (Å²) in [5, 5.41) is 0. The van der Waals surface area contributed by atoms with Gasteiger partial charge in [-0.05, 0) is 62.2 Å². The van der Waals surface area contributed by atoms with Crippen LogP contribution in [-0.2, 0) is 6.54 Å². The van der Waals surface area contributed by atoms with Gasteiger partial charge in [0, 0.05) is 43.3 Å².